The number of primary amides is 1. The Labute approximate surface area is 211 Å². The zero-order valence-electron chi connectivity index (χ0n) is 20.8. The number of hydrogen-bond donors (Lipinski definition) is 3. The number of piperidine rings is 1. The Kier molecular flexibility index (Phi) is 7.38. The number of nitrogens with one attached hydrogen (secondary N) is 2. The van der Waals surface area contributed by atoms with E-state index in [1.165, 1.54) is 40.5 Å². The molecule has 2 amide bonds. The van der Waals surface area contributed by atoms with Gasteiger partial charge in [0.2, 0.25) is 10.0 Å². The summed E-state index contributed by atoms with van der Waals surface area (Å²) in [5.41, 5.74) is 7.34. The lowest BCUT2D eigenvalue weighted by Crippen LogP contribution is -3.14. The minimum atomic E-state index is -3.62. The van der Waals surface area contributed by atoms with E-state index in [-0.39, 0.29) is 4.90 Å². The molecular formula is C25H35N4O4S2+. The molecule has 0 saturated carbocycles. The lowest BCUT2D eigenvalue weighted by molar-refractivity contribution is -0.936. The lowest BCUT2D eigenvalue weighted by atomic mass is 9.94. The maximum Gasteiger partial charge on any atom is 0.256 e. The van der Waals surface area contributed by atoms with Gasteiger partial charge in [0, 0.05) is 25.1 Å². The molecule has 3 atom stereocenters. The van der Waals surface area contributed by atoms with Gasteiger partial charge in [0.25, 0.3) is 11.8 Å². The van der Waals surface area contributed by atoms with E-state index in [1.807, 2.05) is 0 Å². The van der Waals surface area contributed by atoms with E-state index in [0.29, 0.717) is 47.1 Å². The molecule has 3 unspecified atom stereocenters. The average molecular weight is 520 g/mol. The Morgan fingerprint density at radius 1 is 1.14 bits per heavy atom. The van der Waals surface area contributed by atoms with Gasteiger partial charge in [-0.2, -0.15) is 4.31 Å². The summed E-state index contributed by atoms with van der Waals surface area (Å²) in [4.78, 5) is 27.9. The second kappa shape index (κ2) is 10.0. The smallest absolute Gasteiger partial charge is 0.256 e. The highest BCUT2D eigenvalue weighted by molar-refractivity contribution is 7.89. The van der Waals surface area contributed by atoms with Crippen molar-refractivity contribution in [3.05, 3.63) is 45.8 Å². The van der Waals surface area contributed by atoms with Gasteiger partial charge in [-0.15, -0.1) is 11.3 Å². The van der Waals surface area contributed by atoms with Gasteiger partial charge < -0.3 is 16.0 Å². The summed E-state index contributed by atoms with van der Waals surface area (Å²) in [6, 6.07) is 6.45. The molecule has 0 spiro atoms. The first-order valence-electron chi connectivity index (χ1n) is 12.2. The summed E-state index contributed by atoms with van der Waals surface area (Å²) in [6.45, 7) is 11.2. The maximum atomic E-state index is 13.1. The molecule has 0 bridgehead atoms. The van der Waals surface area contributed by atoms with Crippen LogP contribution >= 0.6 is 11.3 Å². The summed E-state index contributed by atoms with van der Waals surface area (Å²) in [7, 11) is -3.62. The number of thiophene rings is 1. The standard InChI is InChI=1S/C25H34N4O4S2/c1-15(2)28-10-9-20-21(14-28)34-25(22(20)23(26)30)27-24(31)18-5-7-19(8-6-18)35(32,33)29-12-16(3)11-17(4)13-29/h5-8,15-17H,9-14H2,1-4H3,(H2,26,30)(H,27,31)/p+1. The van der Waals surface area contributed by atoms with Crippen LogP contribution in [0.15, 0.2) is 29.2 Å². The number of quaternary nitrogens is 1. The van der Waals surface area contributed by atoms with Crippen molar-refractivity contribution < 1.29 is 22.9 Å². The number of fused-ring (bicyclic) bond motifs is 1. The van der Waals surface area contributed by atoms with Crippen LogP contribution in [0.1, 0.15) is 65.3 Å². The van der Waals surface area contributed by atoms with Crippen molar-refractivity contribution in [3.63, 3.8) is 0 Å². The second-order valence-corrected chi connectivity index (χ2v) is 13.4. The Balaban J connectivity index is 1.53. The topological polar surface area (TPSA) is 114 Å². The van der Waals surface area contributed by atoms with E-state index in [4.69, 9.17) is 5.73 Å². The lowest BCUT2D eigenvalue weighted by Gasteiger charge is -2.34. The summed E-state index contributed by atoms with van der Waals surface area (Å²) in [6.07, 6.45) is 1.76. The summed E-state index contributed by atoms with van der Waals surface area (Å²) in [5, 5.41) is 3.32. The maximum absolute atomic E-state index is 13.1. The summed E-state index contributed by atoms with van der Waals surface area (Å²) in [5.74, 6) is -0.326. The Bertz CT molecular complexity index is 1210. The molecule has 190 valence electrons. The number of nitrogens with zero attached hydrogens (tertiary/aromatic N) is 1. The zero-order valence-corrected chi connectivity index (χ0v) is 22.4. The van der Waals surface area contributed by atoms with Crippen molar-refractivity contribution in [3.8, 4) is 0 Å². The molecule has 1 aromatic carbocycles. The molecular weight excluding hydrogens is 484 g/mol. The van der Waals surface area contributed by atoms with Crippen LogP contribution in [-0.4, -0.2) is 50.2 Å². The number of hydrogen-bond acceptors (Lipinski definition) is 5. The molecule has 10 heteroatoms. The molecule has 2 aliphatic heterocycles. The van der Waals surface area contributed by atoms with Crippen molar-refractivity contribution in [2.45, 2.75) is 58.0 Å². The summed E-state index contributed by atoms with van der Waals surface area (Å²) >= 11 is 1.40. The van der Waals surface area contributed by atoms with Gasteiger partial charge in [-0.3, -0.25) is 9.59 Å². The molecule has 3 heterocycles. The predicted octanol–water partition coefficient (Wildman–Crippen LogP) is 2.12. The van der Waals surface area contributed by atoms with Crippen LogP contribution in [0.2, 0.25) is 0 Å². The van der Waals surface area contributed by atoms with Crippen LogP contribution < -0.4 is 16.0 Å². The third-order valence-corrected chi connectivity index (χ3v) is 10.0. The van der Waals surface area contributed by atoms with Gasteiger partial charge in [0.15, 0.2) is 0 Å². The molecule has 4 rings (SSSR count). The van der Waals surface area contributed by atoms with Gasteiger partial charge in [-0.05, 0) is 61.9 Å². The normalized spacial score (nSPS) is 23.2. The van der Waals surface area contributed by atoms with Crippen molar-refractivity contribution >= 4 is 38.2 Å². The van der Waals surface area contributed by atoms with Gasteiger partial charge in [-0.1, -0.05) is 13.8 Å². The van der Waals surface area contributed by atoms with E-state index >= 15 is 0 Å². The number of benzene rings is 1. The zero-order chi connectivity index (χ0) is 25.5. The van der Waals surface area contributed by atoms with Crippen molar-refractivity contribution in [1.82, 2.24) is 4.31 Å². The first kappa shape index (κ1) is 25.8. The fraction of sp³-hybridized carbons (Fsp3) is 0.520. The van der Waals surface area contributed by atoms with Crippen LogP contribution in [0.3, 0.4) is 0 Å². The Hall–Kier alpha value is -2.27. The minimum absolute atomic E-state index is 0.177. The van der Waals surface area contributed by atoms with Crippen LogP contribution in [0.5, 0.6) is 0 Å². The molecule has 0 radical (unpaired) electrons. The molecule has 2 aromatic rings. The largest absolute Gasteiger partial charge is 0.365 e. The highest BCUT2D eigenvalue weighted by atomic mass is 32.2. The Morgan fingerprint density at radius 2 is 1.77 bits per heavy atom. The third-order valence-electron chi connectivity index (χ3n) is 7.05. The highest BCUT2D eigenvalue weighted by Gasteiger charge is 2.33. The number of carbonyl (C=O) groups is 2. The number of nitrogens with two attached hydrogens (primary N) is 1. The van der Waals surface area contributed by atoms with E-state index < -0.39 is 21.8 Å². The number of carbonyl (C=O) groups excluding carboxylic acids is 2. The van der Waals surface area contributed by atoms with Crippen LogP contribution in [0, 0.1) is 11.8 Å². The molecule has 4 N–H and O–H groups in total. The number of rotatable bonds is 6. The van der Waals surface area contributed by atoms with Crippen LogP contribution in [0.25, 0.3) is 0 Å². The third kappa shape index (κ3) is 5.30. The molecule has 0 aliphatic carbocycles. The monoisotopic (exact) mass is 519 g/mol. The van der Waals surface area contributed by atoms with E-state index in [1.54, 1.807) is 4.31 Å². The number of anilines is 1. The van der Waals surface area contributed by atoms with Crippen LogP contribution in [-0.2, 0) is 23.0 Å². The van der Waals surface area contributed by atoms with Gasteiger partial charge in [0.1, 0.15) is 11.5 Å². The van der Waals surface area contributed by atoms with Gasteiger partial charge in [-0.25, -0.2) is 8.42 Å². The Morgan fingerprint density at radius 3 is 2.34 bits per heavy atom. The minimum Gasteiger partial charge on any atom is -0.365 e. The molecule has 8 nitrogen and oxygen atoms in total. The predicted molar refractivity (Wildman–Crippen MR) is 137 cm³/mol. The van der Waals surface area contributed by atoms with Crippen molar-refractivity contribution in [1.29, 1.82) is 0 Å². The van der Waals surface area contributed by atoms with E-state index in [9.17, 15) is 18.0 Å². The average Bonchev–Trinajstić information content (AvgIpc) is 3.15. The first-order valence-corrected chi connectivity index (χ1v) is 14.4. The quantitative estimate of drug-likeness (QED) is 0.542. The van der Waals surface area contributed by atoms with Gasteiger partial charge >= 0.3 is 0 Å². The fourth-order valence-corrected chi connectivity index (χ4v) is 8.23. The molecule has 1 fully saturated rings. The highest BCUT2D eigenvalue weighted by Crippen LogP contribution is 2.35. The van der Waals surface area contributed by atoms with Gasteiger partial charge in [0.05, 0.1) is 27.9 Å². The van der Waals surface area contributed by atoms with Crippen LogP contribution in [0.4, 0.5) is 5.00 Å². The van der Waals surface area contributed by atoms with Crippen molar-refractivity contribution in [2.24, 2.45) is 17.6 Å². The SMILES string of the molecule is CC1CC(C)CN(S(=O)(=O)c2ccc(C(=O)Nc3sc4c(c3C(N)=O)CC[NH+](C(C)C)C4)cc2)C1. The van der Waals surface area contributed by atoms with E-state index in [0.717, 1.165) is 36.4 Å². The van der Waals surface area contributed by atoms with Crippen molar-refractivity contribution in [2.75, 3.05) is 25.0 Å². The fourth-order valence-electron chi connectivity index (χ4n) is 5.25. The molecule has 1 saturated heterocycles. The molecule has 1 aromatic heterocycles. The first-order chi connectivity index (χ1) is 16.5. The summed E-state index contributed by atoms with van der Waals surface area (Å²) < 4.78 is 27.8. The number of amides is 2. The second-order valence-electron chi connectivity index (χ2n) is 10.3. The molecule has 2 aliphatic rings. The molecule has 35 heavy (non-hydrogen) atoms. The van der Waals surface area contributed by atoms with E-state index in [2.05, 4.69) is 33.0 Å². The number of sulfonamides is 1.